The molecule has 0 saturated heterocycles. The van der Waals surface area contributed by atoms with Crippen molar-refractivity contribution in [2.24, 2.45) is 11.7 Å². The molecular formula is C17H27N. The maximum absolute atomic E-state index is 6.62. The van der Waals surface area contributed by atoms with Crippen molar-refractivity contribution < 1.29 is 0 Å². The first-order valence-electron chi connectivity index (χ1n) is 7.44. The Kier molecular flexibility index (Phi) is 4.11. The highest BCUT2D eigenvalue weighted by Gasteiger charge is 2.32. The molecule has 0 amide bonds. The number of hydrogen-bond donors (Lipinski definition) is 1. The fourth-order valence-corrected chi connectivity index (χ4v) is 3.09. The Bertz CT molecular complexity index is 369. The van der Waals surface area contributed by atoms with Crippen molar-refractivity contribution in [1.82, 2.24) is 0 Å². The topological polar surface area (TPSA) is 26.0 Å². The van der Waals surface area contributed by atoms with Gasteiger partial charge in [-0.2, -0.15) is 0 Å². The molecule has 0 radical (unpaired) electrons. The van der Waals surface area contributed by atoms with E-state index in [1.807, 2.05) is 0 Å². The smallest absolute Gasteiger partial charge is 0.0409 e. The van der Waals surface area contributed by atoms with Gasteiger partial charge in [-0.3, -0.25) is 0 Å². The van der Waals surface area contributed by atoms with E-state index >= 15 is 0 Å². The van der Waals surface area contributed by atoms with Crippen LogP contribution in [0.25, 0.3) is 0 Å². The molecule has 1 heteroatoms. The molecular weight excluding hydrogens is 218 g/mol. The molecule has 0 aliphatic heterocycles. The van der Waals surface area contributed by atoms with Crippen LogP contribution < -0.4 is 5.73 Å². The van der Waals surface area contributed by atoms with Crippen molar-refractivity contribution in [3.63, 3.8) is 0 Å². The second-order valence-corrected chi connectivity index (χ2v) is 6.28. The molecule has 0 atom stereocenters. The lowest BCUT2D eigenvalue weighted by molar-refractivity contribution is 0.231. The lowest BCUT2D eigenvalue weighted by Gasteiger charge is -2.37. The quantitative estimate of drug-likeness (QED) is 0.829. The van der Waals surface area contributed by atoms with Gasteiger partial charge in [-0.05, 0) is 48.6 Å². The minimum absolute atomic E-state index is 0.0683. The molecule has 0 unspecified atom stereocenters. The number of benzene rings is 1. The molecule has 2 rings (SSSR count). The van der Waals surface area contributed by atoms with Gasteiger partial charge in [0.05, 0.1) is 0 Å². The second-order valence-electron chi connectivity index (χ2n) is 6.28. The maximum Gasteiger partial charge on any atom is 0.0409 e. The van der Waals surface area contributed by atoms with E-state index in [2.05, 4.69) is 45.0 Å². The first-order valence-corrected chi connectivity index (χ1v) is 7.44. The predicted molar refractivity (Wildman–Crippen MR) is 78.6 cm³/mol. The lowest BCUT2D eigenvalue weighted by Crippen LogP contribution is -2.40. The van der Waals surface area contributed by atoms with E-state index in [1.54, 1.807) is 0 Å². The summed E-state index contributed by atoms with van der Waals surface area (Å²) in [4.78, 5) is 0. The van der Waals surface area contributed by atoms with Crippen LogP contribution in [0.5, 0.6) is 0 Å². The number of nitrogens with two attached hydrogens (primary N) is 1. The second kappa shape index (κ2) is 5.44. The van der Waals surface area contributed by atoms with Gasteiger partial charge in [-0.15, -0.1) is 0 Å². The van der Waals surface area contributed by atoms with Crippen LogP contribution in [-0.2, 0) is 5.54 Å². The zero-order valence-corrected chi connectivity index (χ0v) is 12.1. The van der Waals surface area contributed by atoms with Crippen LogP contribution in [-0.4, -0.2) is 0 Å². The third-order valence-electron chi connectivity index (χ3n) is 4.73. The monoisotopic (exact) mass is 245 g/mol. The van der Waals surface area contributed by atoms with E-state index in [0.29, 0.717) is 5.92 Å². The average molecular weight is 245 g/mol. The van der Waals surface area contributed by atoms with Crippen molar-refractivity contribution in [2.75, 3.05) is 0 Å². The van der Waals surface area contributed by atoms with Crippen LogP contribution in [0, 0.1) is 5.92 Å². The number of rotatable bonds is 3. The average Bonchev–Trinajstić information content (AvgIpc) is 2.40. The van der Waals surface area contributed by atoms with E-state index in [4.69, 9.17) is 5.73 Å². The normalized spacial score (nSPS) is 28.6. The first kappa shape index (κ1) is 13.6. The number of hydrogen-bond acceptors (Lipinski definition) is 1. The Morgan fingerprint density at radius 2 is 1.72 bits per heavy atom. The summed E-state index contributed by atoms with van der Waals surface area (Å²) in [6.07, 6.45) is 6.18. The van der Waals surface area contributed by atoms with Crippen LogP contribution in [0.2, 0.25) is 0 Å². The van der Waals surface area contributed by atoms with Crippen molar-refractivity contribution >= 4 is 0 Å². The Hall–Kier alpha value is -0.820. The Labute approximate surface area is 112 Å². The van der Waals surface area contributed by atoms with Crippen molar-refractivity contribution in [2.45, 2.75) is 64.3 Å². The highest BCUT2D eigenvalue weighted by Crippen LogP contribution is 2.38. The highest BCUT2D eigenvalue weighted by atomic mass is 14.7. The molecule has 0 aromatic heterocycles. The Morgan fingerprint density at radius 3 is 2.17 bits per heavy atom. The molecule has 1 aromatic rings. The van der Waals surface area contributed by atoms with Gasteiger partial charge in [0.1, 0.15) is 0 Å². The molecule has 1 aromatic carbocycles. The molecule has 100 valence electrons. The Balaban J connectivity index is 2.11. The molecule has 0 spiro atoms. The molecule has 1 nitrogen and oxygen atoms in total. The highest BCUT2D eigenvalue weighted by molar-refractivity contribution is 5.30. The third-order valence-corrected chi connectivity index (χ3v) is 4.73. The fraction of sp³-hybridized carbons (Fsp3) is 0.647. The fourth-order valence-electron chi connectivity index (χ4n) is 3.09. The standard InChI is InChI=1S/C17H27N/c1-4-14-9-11-17(18,12-10-14)16-7-5-15(6-8-16)13(2)3/h5-8,13-14H,4,9-12,18H2,1-3H3. The molecule has 1 saturated carbocycles. The molecule has 1 fully saturated rings. The SMILES string of the molecule is CCC1CCC(N)(c2ccc(C(C)C)cc2)CC1. The van der Waals surface area contributed by atoms with Crippen LogP contribution in [0.1, 0.15) is 69.9 Å². The summed E-state index contributed by atoms with van der Waals surface area (Å²) in [7, 11) is 0. The van der Waals surface area contributed by atoms with Gasteiger partial charge in [0.15, 0.2) is 0 Å². The molecule has 1 aliphatic carbocycles. The third kappa shape index (κ3) is 2.77. The summed E-state index contributed by atoms with van der Waals surface area (Å²) in [6, 6.07) is 9.00. The van der Waals surface area contributed by atoms with Crippen LogP contribution in [0.15, 0.2) is 24.3 Å². The summed E-state index contributed by atoms with van der Waals surface area (Å²) in [5.41, 5.74) is 9.30. The minimum atomic E-state index is -0.0683. The van der Waals surface area contributed by atoms with Gasteiger partial charge >= 0.3 is 0 Å². The maximum atomic E-state index is 6.62. The van der Waals surface area contributed by atoms with E-state index < -0.39 is 0 Å². The zero-order valence-electron chi connectivity index (χ0n) is 12.1. The van der Waals surface area contributed by atoms with E-state index in [1.165, 1.54) is 30.4 Å². The summed E-state index contributed by atoms with van der Waals surface area (Å²) in [5, 5.41) is 0. The van der Waals surface area contributed by atoms with E-state index in [0.717, 1.165) is 18.8 Å². The summed E-state index contributed by atoms with van der Waals surface area (Å²) in [5.74, 6) is 1.50. The minimum Gasteiger partial charge on any atom is -0.321 e. The van der Waals surface area contributed by atoms with Gasteiger partial charge in [-0.1, -0.05) is 51.5 Å². The largest absolute Gasteiger partial charge is 0.321 e. The van der Waals surface area contributed by atoms with Gasteiger partial charge < -0.3 is 5.73 Å². The molecule has 18 heavy (non-hydrogen) atoms. The molecule has 0 bridgehead atoms. The van der Waals surface area contributed by atoms with Crippen molar-refractivity contribution in [1.29, 1.82) is 0 Å². The lowest BCUT2D eigenvalue weighted by atomic mass is 9.72. The Morgan fingerprint density at radius 1 is 1.17 bits per heavy atom. The molecule has 1 aliphatic rings. The van der Waals surface area contributed by atoms with Gasteiger partial charge in [0, 0.05) is 5.54 Å². The first-order chi connectivity index (χ1) is 8.55. The van der Waals surface area contributed by atoms with E-state index in [-0.39, 0.29) is 5.54 Å². The van der Waals surface area contributed by atoms with Gasteiger partial charge in [-0.25, -0.2) is 0 Å². The molecule has 0 heterocycles. The predicted octanol–water partition coefficient (Wildman–Crippen LogP) is 4.56. The summed E-state index contributed by atoms with van der Waals surface area (Å²) < 4.78 is 0. The van der Waals surface area contributed by atoms with Crippen molar-refractivity contribution in [3.8, 4) is 0 Å². The zero-order chi connectivity index (χ0) is 13.2. The molecule has 2 N–H and O–H groups in total. The van der Waals surface area contributed by atoms with Gasteiger partial charge in [0.25, 0.3) is 0 Å². The van der Waals surface area contributed by atoms with Crippen molar-refractivity contribution in [3.05, 3.63) is 35.4 Å². The van der Waals surface area contributed by atoms with Crippen LogP contribution in [0.4, 0.5) is 0 Å². The summed E-state index contributed by atoms with van der Waals surface area (Å²) in [6.45, 7) is 6.77. The van der Waals surface area contributed by atoms with Crippen LogP contribution in [0.3, 0.4) is 0 Å². The van der Waals surface area contributed by atoms with Crippen LogP contribution >= 0.6 is 0 Å². The van der Waals surface area contributed by atoms with Gasteiger partial charge in [0.2, 0.25) is 0 Å². The summed E-state index contributed by atoms with van der Waals surface area (Å²) >= 11 is 0. The van der Waals surface area contributed by atoms with E-state index in [9.17, 15) is 0 Å².